The number of nitrogens with zero attached hydrogens (tertiary/aromatic N) is 3. The number of hydrogen-bond donors (Lipinski definition) is 0. The molecule has 3 aromatic heterocycles. The van der Waals surface area contributed by atoms with Gasteiger partial charge in [-0.3, -0.25) is 13.4 Å². The Labute approximate surface area is 393 Å². The van der Waals surface area contributed by atoms with Crippen molar-refractivity contribution in [2.75, 3.05) is 0 Å². The summed E-state index contributed by atoms with van der Waals surface area (Å²) in [5, 5.41) is 0. The summed E-state index contributed by atoms with van der Waals surface area (Å²) >= 11 is 0. The molecule has 5 heterocycles. The molecule has 3 aromatic carbocycles. The molecule has 8 aliphatic carbocycles. The Morgan fingerprint density at radius 2 is 1.14 bits per heavy atom. The highest BCUT2D eigenvalue weighted by Gasteiger charge is 2.54. The van der Waals surface area contributed by atoms with Gasteiger partial charge in [0, 0.05) is 28.9 Å². The van der Waals surface area contributed by atoms with Crippen LogP contribution in [0.5, 0.6) is 0 Å². The van der Waals surface area contributed by atoms with Crippen LogP contribution in [0.3, 0.4) is 0 Å². The first-order valence-electron chi connectivity index (χ1n) is 27.2. The zero-order valence-electron chi connectivity index (χ0n) is 40.9. The minimum Gasteiger partial charge on any atom is -0.283 e. The molecular formula is C60H69B2N3O. The SMILES string of the molecule is CCC1CC2Cc3c4c5n6c7c(c8c(n7c(=O)n5c3C(C1)C2)C1CC2CC(CC8C2)C1)B(c1c(C)cccc1C)c1cc(C2(C)CC3CC(C)CC(C3)C2)cc(c1-6)B4c1c(C)cccc1C. The van der Waals surface area contributed by atoms with E-state index in [1.54, 1.807) is 16.7 Å². The molecule has 7 atom stereocenters. The lowest BCUT2D eigenvalue weighted by molar-refractivity contribution is 0.0899. The minimum absolute atomic E-state index is 0.0763. The standard InChI is InChI=1S/C60H69B2N3O/c1-8-36-17-39-25-43(20-36)54-46(26-39)52-57-63-56-47(61(52)50-32(3)11-9-12-33(50)4)27-45(60(7)29-40-15-31(2)16-41(19-40)30-60)28-48(56)62(51-34(5)13-10-14-35(51)6)53-49-42-21-37-18-38(22-42)24-44(23-37)55(49)65(58(53)63)59(66)64(54)57/h9-14,27-28,31,36-44H,8,15-26,29-30H2,1-7H3. The van der Waals surface area contributed by atoms with E-state index >= 15 is 4.79 Å². The monoisotopic (exact) mass is 870 g/mol. The van der Waals surface area contributed by atoms with Crippen LogP contribution in [-0.2, 0) is 11.8 Å². The number of hydrogen-bond acceptors (Lipinski definition) is 1. The first kappa shape index (κ1) is 39.8. The zero-order valence-corrected chi connectivity index (χ0v) is 40.9. The van der Waals surface area contributed by atoms with E-state index in [4.69, 9.17) is 0 Å². The molecule has 7 unspecified atom stereocenters. The van der Waals surface area contributed by atoms with Gasteiger partial charge in [-0.1, -0.05) is 109 Å². The fourth-order valence-corrected chi connectivity index (χ4v) is 19.5. The molecule has 5 fully saturated rings. The Kier molecular flexibility index (Phi) is 8.16. The number of benzene rings is 3. The lowest BCUT2D eigenvalue weighted by Crippen LogP contribution is -2.66. The van der Waals surface area contributed by atoms with Gasteiger partial charge in [-0.15, -0.1) is 0 Å². The van der Waals surface area contributed by atoms with Gasteiger partial charge < -0.3 is 0 Å². The van der Waals surface area contributed by atoms with E-state index < -0.39 is 0 Å². The van der Waals surface area contributed by atoms with E-state index in [9.17, 15) is 0 Å². The van der Waals surface area contributed by atoms with Crippen LogP contribution in [-0.4, -0.2) is 26.8 Å². The fourth-order valence-electron chi connectivity index (χ4n) is 19.5. The maximum Gasteiger partial charge on any atom is 0.340 e. The topological polar surface area (TPSA) is 30.8 Å². The van der Waals surface area contributed by atoms with Crippen molar-refractivity contribution in [2.24, 2.45) is 41.4 Å². The van der Waals surface area contributed by atoms with Gasteiger partial charge in [-0.2, -0.15) is 0 Å². The van der Waals surface area contributed by atoms with Crippen LogP contribution in [0.15, 0.2) is 53.3 Å². The van der Waals surface area contributed by atoms with Crippen LogP contribution < -0.4 is 38.5 Å². The highest BCUT2D eigenvalue weighted by molar-refractivity contribution is 7.02. The Balaban J connectivity index is 1.15. The molecule has 0 radical (unpaired) electrons. The molecule has 4 nitrogen and oxygen atoms in total. The summed E-state index contributed by atoms with van der Waals surface area (Å²) in [4.78, 5) is 16.7. The first-order chi connectivity index (χ1) is 32.0. The second-order valence-corrected chi connectivity index (χ2v) is 25.5. The summed E-state index contributed by atoms with van der Waals surface area (Å²) in [6.45, 7) is 17.4. The summed E-state index contributed by atoms with van der Waals surface area (Å²) < 4.78 is 7.70. The predicted molar refractivity (Wildman–Crippen MR) is 275 cm³/mol. The summed E-state index contributed by atoms with van der Waals surface area (Å²) in [5.74, 6) is 6.86. The summed E-state index contributed by atoms with van der Waals surface area (Å²) in [6, 6.07) is 19.8. The number of fused-ring (bicyclic) bond motifs is 8. The number of aryl methyl sites for hydroxylation is 4. The maximum atomic E-state index is 16.7. The molecule has 16 rings (SSSR count). The van der Waals surface area contributed by atoms with Crippen molar-refractivity contribution in [1.29, 1.82) is 0 Å². The molecule has 0 N–H and O–H groups in total. The first-order valence-corrected chi connectivity index (χ1v) is 27.2. The molecule has 6 heteroatoms. The smallest absolute Gasteiger partial charge is 0.283 e. The Hall–Kier alpha value is -4.18. The molecule has 0 spiro atoms. The fraction of sp³-hybridized carbons (Fsp3) is 0.550. The van der Waals surface area contributed by atoms with Crippen molar-refractivity contribution >= 4 is 57.5 Å². The molecule has 2 aliphatic heterocycles. The quantitative estimate of drug-likeness (QED) is 0.163. The van der Waals surface area contributed by atoms with Gasteiger partial charge in [0.25, 0.3) is 0 Å². The lowest BCUT2D eigenvalue weighted by Gasteiger charge is -2.48. The van der Waals surface area contributed by atoms with E-state index in [0.717, 1.165) is 41.9 Å². The molecule has 66 heavy (non-hydrogen) atoms. The van der Waals surface area contributed by atoms with Gasteiger partial charge in [0.2, 0.25) is 13.4 Å². The lowest BCUT2D eigenvalue weighted by atomic mass is 9.29. The van der Waals surface area contributed by atoms with Crippen LogP contribution in [0.2, 0.25) is 0 Å². The van der Waals surface area contributed by atoms with Gasteiger partial charge in [-0.05, 0) is 209 Å². The molecule has 8 bridgehead atoms. The maximum absolute atomic E-state index is 16.7. The highest BCUT2D eigenvalue weighted by Crippen LogP contribution is 2.57. The average molecular weight is 870 g/mol. The van der Waals surface area contributed by atoms with Crippen LogP contribution in [0.1, 0.15) is 179 Å². The van der Waals surface area contributed by atoms with Crippen LogP contribution in [0, 0.1) is 69.1 Å². The van der Waals surface area contributed by atoms with Gasteiger partial charge in [0.05, 0.1) is 0 Å². The summed E-state index contributed by atoms with van der Waals surface area (Å²) in [7, 11) is 0. The van der Waals surface area contributed by atoms with E-state index in [2.05, 4.69) is 110 Å². The summed E-state index contributed by atoms with van der Waals surface area (Å²) in [5.41, 5.74) is 26.6. The third-order valence-corrected chi connectivity index (χ3v) is 21.3. The summed E-state index contributed by atoms with van der Waals surface area (Å²) in [6.07, 6.45) is 19.4. The van der Waals surface area contributed by atoms with Crippen molar-refractivity contribution in [1.82, 2.24) is 13.4 Å². The van der Waals surface area contributed by atoms with Crippen molar-refractivity contribution in [2.45, 2.75) is 168 Å². The minimum atomic E-state index is 0.0763. The van der Waals surface area contributed by atoms with Gasteiger partial charge >= 0.3 is 5.69 Å². The number of rotatable bonds is 4. The largest absolute Gasteiger partial charge is 0.340 e. The molecule has 0 saturated heterocycles. The van der Waals surface area contributed by atoms with Crippen molar-refractivity contribution < 1.29 is 0 Å². The van der Waals surface area contributed by atoms with Crippen LogP contribution in [0.25, 0.3) is 17.0 Å². The third-order valence-electron chi connectivity index (χ3n) is 21.3. The molecule has 336 valence electrons. The molecule has 6 aromatic rings. The van der Waals surface area contributed by atoms with Gasteiger partial charge in [0.1, 0.15) is 11.3 Å². The second kappa shape index (κ2) is 13.5. The normalized spacial score (nSPS) is 33.0. The molecule has 5 saturated carbocycles. The molecule has 10 aliphatic rings. The average Bonchev–Trinajstić information content (AvgIpc) is 3.75. The van der Waals surface area contributed by atoms with Crippen LogP contribution >= 0.6 is 0 Å². The Bertz CT molecular complexity index is 3130. The van der Waals surface area contributed by atoms with E-state index in [1.807, 2.05) is 0 Å². The van der Waals surface area contributed by atoms with Gasteiger partial charge in [0.15, 0.2) is 0 Å². The van der Waals surface area contributed by atoms with E-state index in [0.29, 0.717) is 23.7 Å². The molecule has 0 amide bonds. The highest BCUT2D eigenvalue weighted by atomic mass is 16.1. The Morgan fingerprint density at radius 1 is 0.606 bits per heavy atom. The predicted octanol–water partition coefficient (Wildman–Crippen LogP) is 9.20. The van der Waals surface area contributed by atoms with E-state index in [-0.39, 0.29) is 24.5 Å². The van der Waals surface area contributed by atoms with Crippen molar-refractivity contribution in [3.63, 3.8) is 0 Å². The van der Waals surface area contributed by atoms with Crippen molar-refractivity contribution in [3.8, 4) is 5.69 Å². The molecular weight excluding hydrogens is 800 g/mol. The second-order valence-electron chi connectivity index (χ2n) is 25.5. The van der Waals surface area contributed by atoms with Crippen LogP contribution in [0.4, 0.5) is 0 Å². The third kappa shape index (κ3) is 5.08. The van der Waals surface area contributed by atoms with Crippen molar-refractivity contribution in [3.05, 3.63) is 109 Å². The van der Waals surface area contributed by atoms with E-state index in [1.165, 1.54) is 173 Å². The van der Waals surface area contributed by atoms with Gasteiger partial charge in [-0.25, -0.2) is 4.79 Å². The number of aromatic nitrogens is 3. The zero-order chi connectivity index (χ0) is 44.4. The Morgan fingerprint density at radius 3 is 1.76 bits per heavy atom.